The second-order valence-corrected chi connectivity index (χ2v) is 6.33. The van der Waals surface area contributed by atoms with Gasteiger partial charge in [-0.1, -0.05) is 11.6 Å². The fourth-order valence-corrected chi connectivity index (χ4v) is 3.90. The molecule has 2 aromatic rings. The summed E-state index contributed by atoms with van der Waals surface area (Å²) in [6.07, 6.45) is 3.45. The average molecular weight is 291 g/mol. The molecule has 4 heteroatoms. The number of furan rings is 1. The van der Waals surface area contributed by atoms with Crippen molar-refractivity contribution in [3.05, 3.63) is 34.5 Å². The lowest BCUT2D eigenvalue weighted by molar-refractivity contribution is 0.101. The summed E-state index contributed by atoms with van der Waals surface area (Å²) in [5.41, 5.74) is 2.34. The highest BCUT2D eigenvalue weighted by Gasteiger charge is 2.36. The van der Waals surface area contributed by atoms with Gasteiger partial charge in [-0.15, -0.1) is 0 Å². The topological polar surface area (TPSA) is 28.4 Å². The van der Waals surface area contributed by atoms with E-state index in [9.17, 15) is 0 Å². The number of hydrogen-bond donors (Lipinski definition) is 1. The minimum atomic E-state index is 0.427. The van der Waals surface area contributed by atoms with Gasteiger partial charge >= 0.3 is 0 Å². The number of benzene rings is 1. The summed E-state index contributed by atoms with van der Waals surface area (Å²) in [4.78, 5) is 2.57. The Morgan fingerprint density at radius 1 is 1.35 bits per heavy atom. The first-order chi connectivity index (χ1) is 9.76. The van der Waals surface area contributed by atoms with Gasteiger partial charge < -0.3 is 9.73 Å². The minimum absolute atomic E-state index is 0.427. The van der Waals surface area contributed by atoms with Crippen molar-refractivity contribution in [3.63, 3.8) is 0 Å². The summed E-state index contributed by atoms with van der Waals surface area (Å²) in [6, 6.07) is 7.03. The highest BCUT2D eigenvalue weighted by molar-refractivity contribution is 6.31. The summed E-state index contributed by atoms with van der Waals surface area (Å²) >= 11 is 6.08. The van der Waals surface area contributed by atoms with Gasteiger partial charge in [-0.05, 0) is 38.4 Å². The number of halogens is 1. The van der Waals surface area contributed by atoms with E-state index in [1.807, 2.05) is 12.1 Å². The first-order valence-electron chi connectivity index (χ1n) is 7.38. The van der Waals surface area contributed by atoms with E-state index >= 15 is 0 Å². The van der Waals surface area contributed by atoms with Crippen LogP contribution >= 0.6 is 11.6 Å². The van der Waals surface area contributed by atoms with Gasteiger partial charge in [0.25, 0.3) is 0 Å². The standard InChI is InChI=1S/C16H19ClN2O/c1-18-11-4-6-19-7-5-13-12-3-2-10(17)8-15(12)20-16(13)14(19)9-11/h2-3,8,11,14,18H,4-7,9H2,1H3. The summed E-state index contributed by atoms with van der Waals surface area (Å²) in [5, 5.41) is 5.41. The molecule has 0 bridgehead atoms. The van der Waals surface area contributed by atoms with E-state index in [0.29, 0.717) is 12.1 Å². The van der Waals surface area contributed by atoms with E-state index in [-0.39, 0.29) is 0 Å². The minimum Gasteiger partial charge on any atom is -0.459 e. The lowest BCUT2D eigenvalue weighted by atomic mass is 9.89. The number of nitrogens with zero attached hydrogens (tertiary/aromatic N) is 1. The smallest absolute Gasteiger partial charge is 0.136 e. The van der Waals surface area contributed by atoms with Crippen LogP contribution in [0.3, 0.4) is 0 Å². The summed E-state index contributed by atoms with van der Waals surface area (Å²) in [5.74, 6) is 1.17. The average Bonchev–Trinajstić information content (AvgIpc) is 2.84. The van der Waals surface area contributed by atoms with Gasteiger partial charge in [0.05, 0.1) is 6.04 Å². The molecule has 3 nitrogen and oxygen atoms in total. The molecule has 4 rings (SSSR count). The molecule has 1 saturated heterocycles. The second kappa shape index (κ2) is 4.76. The van der Waals surface area contributed by atoms with Crippen LogP contribution in [0.4, 0.5) is 0 Å². The van der Waals surface area contributed by atoms with Crippen LogP contribution in [0.2, 0.25) is 5.02 Å². The van der Waals surface area contributed by atoms with E-state index in [1.54, 1.807) is 0 Å². The lowest BCUT2D eigenvalue weighted by Gasteiger charge is -2.41. The van der Waals surface area contributed by atoms with Crippen LogP contribution in [0.5, 0.6) is 0 Å². The normalized spacial score (nSPS) is 26.5. The van der Waals surface area contributed by atoms with Crippen LogP contribution in [0, 0.1) is 0 Å². The maximum atomic E-state index is 6.18. The molecule has 0 amide bonds. The third-order valence-corrected chi connectivity index (χ3v) is 5.09. The number of rotatable bonds is 1. The molecule has 20 heavy (non-hydrogen) atoms. The summed E-state index contributed by atoms with van der Waals surface area (Å²) in [7, 11) is 2.06. The first kappa shape index (κ1) is 12.7. The van der Waals surface area contributed by atoms with Crippen LogP contribution in [-0.2, 0) is 6.42 Å². The van der Waals surface area contributed by atoms with E-state index in [1.165, 1.54) is 23.1 Å². The molecule has 2 aliphatic heterocycles. The molecule has 2 atom stereocenters. The molecular weight excluding hydrogens is 272 g/mol. The Morgan fingerprint density at radius 2 is 2.25 bits per heavy atom. The Hall–Kier alpha value is -1.03. The molecular formula is C16H19ClN2O. The van der Waals surface area contributed by atoms with Crippen molar-refractivity contribution in [2.75, 3.05) is 20.1 Å². The van der Waals surface area contributed by atoms with Crippen LogP contribution < -0.4 is 5.32 Å². The number of fused-ring (bicyclic) bond motifs is 5. The number of piperidine rings is 1. The second-order valence-electron chi connectivity index (χ2n) is 5.90. The third kappa shape index (κ3) is 1.88. The van der Waals surface area contributed by atoms with Crippen molar-refractivity contribution in [1.29, 1.82) is 0 Å². The van der Waals surface area contributed by atoms with Crippen molar-refractivity contribution in [1.82, 2.24) is 10.2 Å². The van der Waals surface area contributed by atoms with Gasteiger partial charge in [0.15, 0.2) is 0 Å². The Labute approximate surface area is 123 Å². The zero-order chi connectivity index (χ0) is 13.7. The molecule has 1 aromatic heterocycles. The first-order valence-corrected chi connectivity index (χ1v) is 7.76. The van der Waals surface area contributed by atoms with Crippen molar-refractivity contribution >= 4 is 22.6 Å². The van der Waals surface area contributed by atoms with Gasteiger partial charge in [0.2, 0.25) is 0 Å². The maximum Gasteiger partial charge on any atom is 0.136 e. The largest absolute Gasteiger partial charge is 0.459 e. The number of nitrogens with one attached hydrogen (secondary N) is 1. The monoisotopic (exact) mass is 290 g/mol. The third-order valence-electron chi connectivity index (χ3n) is 4.86. The van der Waals surface area contributed by atoms with Gasteiger partial charge in [0, 0.05) is 41.2 Å². The van der Waals surface area contributed by atoms with Crippen molar-refractivity contribution in [2.24, 2.45) is 0 Å². The predicted octanol–water partition coefficient (Wildman–Crippen LogP) is 3.37. The molecule has 3 heterocycles. The fraction of sp³-hybridized carbons (Fsp3) is 0.500. The molecule has 1 N–H and O–H groups in total. The van der Waals surface area contributed by atoms with Crippen LogP contribution in [-0.4, -0.2) is 31.1 Å². The Bertz CT molecular complexity index is 651. The Balaban J connectivity index is 1.80. The zero-order valence-corrected chi connectivity index (χ0v) is 12.4. The van der Waals surface area contributed by atoms with Gasteiger partial charge in [0.1, 0.15) is 11.3 Å². The molecule has 0 spiro atoms. The highest BCUT2D eigenvalue weighted by atomic mass is 35.5. The van der Waals surface area contributed by atoms with Gasteiger partial charge in [-0.3, -0.25) is 4.90 Å². The zero-order valence-electron chi connectivity index (χ0n) is 11.7. The van der Waals surface area contributed by atoms with Crippen molar-refractivity contribution in [3.8, 4) is 0 Å². The van der Waals surface area contributed by atoms with Crippen molar-refractivity contribution in [2.45, 2.75) is 31.3 Å². The molecule has 0 aliphatic carbocycles. The van der Waals surface area contributed by atoms with Gasteiger partial charge in [-0.2, -0.15) is 0 Å². The van der Waals surface area contributed by atoms with Gasteiger partial charge in [-0.25, -0.2) is 0 Å². The van der Waals surface area contributed by atoms with Crippen LogP contribution in [0.15, 0.2) is 22.6 Å². The quantitative estimate of drug-likeness (QED) is 0.873. The SMILES string of the molecule is CNC1CCN2CCc3c(oc4cc(Cl)ccc34)C2C1. The Morgan fingerprint density at radius 3 is 3.10 bits per heavy atom. The molecule has 106 valence electrons. The van der Waals surface area contributed by atoms with Crippen molar-refractivity contribution < 1.29 is 4.42 Å². The molecule has 0 radical (unpaired) electrons. The van der Waals surface area contributed by atoms with E-state index in [4.69, 9.17) is 16.0 Å². The predicted molar refractivity (Wildman–Crippen MR) is 81.3 cm³/mol. The van der Waals surface area contributed by atoms with Crippen LogP contribution in [0.1, 0.15) is 30.2 Å². The molecule has 0 saturated carbocycles. The fourth-order valence-electron chi connectivity index (χ4n) is 3.74. The number of hydrogen-bond acceptors (Lipinski definition) is 3. The summed E-state index contributed by atoms with van der Waals surface area (Å²) < 4.78 is 6.18. The highest BCUT2D eigenvalue weighted by Crippen LogP contribution is 2.41. The molecule has 2 aliphatic rings. The van der Waals surface area contributed by atoms with Crippen LogP contribution in [0.25, 0.3) is 11.0 Å². The van der Waals surface area contributed by atoms with E-state index in [2.05, 4.69) is 23.3 Å². The molecule has 1 fully saturated rings. The molecule has 2 unspecified atom stereocenters. The molecule has 1 aromatic carbocycles. The van der Waals surface area contributed by atoms with E-state index in [0.717, 1.165) is 36.5 Å². The van der Waals surface area contributed by atoms with E-state index < -0.39 is 0 Å². The summed E-state index contributed by atoms with van der Waals surface area (Å²) in [6.45, 7) is 2.30. The lowest BCUT2D eigenvalue weighted by Crippen LogP contribution is -2.45. The Kier molecular flexibility index (Phi) is 3.02. The maximum absolute atomic E-state index is 6.18.